The predicted octanol–water partition coefficient (Wildman–Crippen LogP) is 3.06. The summed E-state index contributed by atoms with van der Waals surface area (Å²) in [4.78, 5) is 0. The molecule has 2 rings (SSSR count). The maximum Gasteiger partial charge on any atom is -0.00178 e. The zero-order chi connectivity index (χ0) is 10.2. The van der Waals surface area contributed by atoms with Gasteiger partial charge in [-0.1, -0.05) is 20.8 Å². The van der Waals surface area contributed by atoms with Gasteiger partial charge in [0.2, 0.25) is 0 Å². The first kappa shape index (κ1) is 10.5. The van der Waals surface area contributed by atoms with Crippen molar-refractivity contribution in [3.8, 4) is 0 Å². The van der Waals surface area contributed by atoms with Crippen molar-refractivity contribution in [3.63, 3.8) is 0 Å². The molecule has 0 amide bonds. The van der Waals surface area contributed by atoms with Crippen molar-refractivity contribution < 1.29 is 0 Å². The zero-order valence-corrected chi connectivity index (χ0v) is 9.97. The van der Waals surface area contributed by atoms with Gasteiger partial charge in [0, 0.05) is 0 Å². The van der Waals surface area contributed by atoms with Crippen molar-refractivity contribution in [1.82, 2.24) is 5.32 Å². The Hall–Kier alpha value is -0.0400. The van der Waals surface area contributed by atoms with Crippen molar-refractivity contribution in [2.24, 2.45) is 23.2 Å². The van der Waals surface area contributed by atoms with Crippen LogP contribution in [0.5, 0.6) is 0 Å². The predicted molar refractivity (Wildman–Crippen MR) is 61.3 cm³/mol. The maximum atomic E-state index is 3.54. The highest BCUT2D eigenvalue weighted by Crippen LogP contribution is 2.50. The molecule has 2 fully saturated rings. The molecular weight excluding hydrogens is 170 g/mol. The molecule has 0 aromatic heterocycles. The summed E-state index contributed by atoms with van der Waals surface area (Å²) >= 11 is 0. The zero-order valence-electron chi connectivity index (χ0n) is 9.97. The molecule has 2 aliphatic rings. The number of rotatable bonds is 0. The van der Waals surface area contributed by atoms with E-state index in [2.05, 4.69) is 26.1 Å². The molecule has 1 saturated heterocycles. The van der Waals surface area contributed by atoms with Crippen LogP contribution in [-0.4, -0.2) is 13.1 Å². The quantitative estimate of drug-likeness (QED) is 0.626. The van der Waals surface area contributed by atoms with Gasteiger partial charge in [-0.3, -0.25) is 0 Å². The summed E-state index contributed by atoms with van der Waals surface area (Å²) in [5.41, 5.74) is 0.697. The van der Waals surface area contributed by atoms with Crippen molar-refractivity contribution >= 4 is 0 Å². The fourth-order valence-electron chi connectivity index (χ4n) is 4.05. The molecule has 14 heavy (non-hydrogen) atoms. The van der Waals surface area contributed by atoms with Crippen molar-refractivity contribution in [2.45, 2.75) is 46.5 Å². The van der Waals surface area contributed by atoms with Gasteiger partial charge in [-0.25, -0.2) is 0 Å². The van der Waals surface area contributed by atoms with Crippen LogP contribution in [0, 0.1) is 23.2 Å². The minimum Gasteiger partial charge on any atom is -0.316 e. The molecule has 0 radical (unpaired) electrons. The Kier molecular flexibility index (Phi) is 2.88. The Morgan fingerprint density at radius 2 is 1.71 bits per heavy atom. The van der Waals surface area contributed by atoms with Gasteiger partial charge >= 0.3 is 0 Å². The minimum atomic E-state index is 0.697. The van der Waals surface area contributed by atoms with Crippen LogP contribution in [0.2, 0.25) is 0 Å². The van der Waals surface area contributed by atoms with Crippen LogP contribution in [0.3, 0.4) is 0 Å². The van der Waals surface area contributed by atoms with Gasteiger partial charge in [0.25, 0.3) is 0 Å². The number of hydrogen-bond acceptors (Lipinski definition) is 1. The van der Waals surface area contributed by atoms with Gasteiger partial charge in [-0.15, -0.1) is 0 Å². The molecule has 1 N–H and O–H groups in total. The van der Waals surface area contributed by atoms with Crippen LogP contribution >= 0.6 is 0 Å². The summed E-state index contributed by atoms with van der Waals surface area (Å²) in [6.07, 6.45) is 5.85. The Morgan fingerprint density at radius 1 is 1.07 bits per heavy atom. The molecule has 3 atom stereocenters. The van der Waals surface area contributed by atoms with E-state index in [1.54, 1.807) is 0 Å². The second kappa shape index (κ2) is 3.84. The highest BCUT2D eigenvalue weighted by atomic mass is 14.9. The van der Waals surface area contributed by atoms with Gasteiger partial charge in [-0.05, 0) is 61.9 Å². The molecule has 1 nitrogen and oxygen atoms in total. The second-order valence-corrected chi connectivity index (χ2v) is 6.07. The minimum absolute atomic E-state index is 0.697. The van der Waals surface area contributed by atoms with E-state index in [4.69, 9.17) is 0 Å². The first-order valence-electron chi connectivity index (χ1n) is 6.33. The van der Waals surface area contributed by atoms with Gasteiger partial charge in [0.15, 0.2) is 0 Å². The molecule has 1 saturated carbocycles. The normalized spacial score (nSPS) is 49.5. The molecular formula is C13H25N. The summed E-state index contributed by atoms with van der Waals surface area (Å²) in [7, 11) is 0. The highest BCUT2D eigenvalue weighted by Gasteiger charge is 2.42. The van der Waals surface area contributed by atoms with Gasteiger partial charge in [-0.2, -0.15) is 0 Å². The lowest BCUT2D eigenvalue weighted by molar-refractivity contribution is 0.0216. The highest BCUT2D eigenvalue weighted by molar-refractivity contribution is 4.94. The topological polar surface area (TPSA) is 12.0 Å². The summed E-state index contributed by atoms with van der Waals surface area (Å²) in [5, 5.41) is 3.54. The molecule has 1 aliphatic heterocycles. The van der Waals surface area contributed by atoms with E-state index in [1.165, 1.54) is 38.8 Å². The second-order valence-electron chi connectivity index (χ2n) is 6.07. The van der Waals surface area contributed by atoms with Crippen LogP contribution in [0.1, 0.15) is 46.5 Å². The number of nitrogens with one attached hydrogen (secondary N) is 1. The van der Waals surface area contributed by atoms with Crippen LogP contribution in [0.4, 0.5) is 0 Å². The van der Waals surface area contributed by atoms with Crippen LogP contribution in [-0.2, 0) is 0 Å². The van der Waals surface area contributed by atoms with E-state index in [1.807, 2.05) is 0 Å². The van der Waals surface area contributed by atoms with E-state index in [9.17, 15) is 0 Å². The van der Waals surface area contributed by atoms with Gasteiger partial charge in [0.05, 0.1) is 0 Å². The van der Waals surface area contributed by atoms with Crippen LogP contribution in [0.25, 0.3) is 0 Å². The Balaban J connectivity index is 2.11. The summed E-state index contributed by atoms with van der Waals surface area (Å²) in [6.45, 7) is 9.86. The summed E-state index contributed by atoms with van der Waals surface area (Å²) in [6, 6.07) is 0. The molecule has 82 valence electrons. The number of piperidine rings is 1. The standard InChI is InChI=1S/C13H25N/c1-10-6-11(2)8-13(7-10)4-5-14-9-12(13)3/h10-12,14H,4-9H2,1-3H3. The Labute approximate surface area is 88.7 Å². The maximum absolute atomic E-state index is 3.54. The van der Waals surface area contributed by atoms with E-state index in [0.29, 0.717) is 5.41 Å². The molecule has 1 heterocycles. The fourth-order valence-corrected chi connectivity index (χ4v) is 4.05. The lowest BCUT2D eigenvalue weighted by atomic mass is 9.58. The Morgan fingerprint density at radius 3 is 2.29 bits per heavy atom. The molecule has 1 spiro atoms. The third-order valence-corrected chi connectivity index (χ3v) is 4.61. The fraction of sp³-hybridized carbons (Fsp3) is 1.00. The molecule has 0 aromatic rings. The van der Waals surface area contributed by atoms with E-state index in [0.717, 1.165) is 17.8 Å². The van der Waals surface area contributed by atoms with E-state index in [-0.39, 0.29) is 0 Å². The number of hydrogen-bond donors (Lipinski definition) is 1. The van der Waals surface area contributed by atoms with Crippen molar-refractivity contribution in [2.75, 3.05) is 13.1 Å². The van der Waals surface area contributed by atoms with Crippen molar-refractivity contribution in [1.29, 1.82) is 0 Å². The van der Waals surface area contributed by atoms with E-state index >= 15 is 0 Å². The molecule has 0 bridgehead atoms. The molecule has 1 heteroatoms. The first-order valence-corrected chi connectivity index (χ1v) is 6.33. The average molecular weight is 195 g/mol. The Bertz CT molecular complexity index is 189. The lowest BCUT2D eigenvalue weighted by Crippen LogP contribution is -2.47. The summed E-state index contributed by atoms with van der Waals surface area (Å²) in [5.74, 6) is 2.81. The van der Waals surface area contributed by atoms with Crippen molar-refractivity contribution in [3.05, 3.63) is 0 Å². The smallest absolute Gasteiger partial charge is 0.00178 e. The molecule has 3 unspecified atom stereocenters. The van der Waals surface area contributed by atoms with Crippen LogP contribution < -0.4 is 5.32 Å². The van der Waals surface area contributed by atoms with E-state index < -0.39 is 0 Å². The third-order valence-electron chi connectivity index (χ3n) is 4.61. The SMILES string of the molecule is CC1CC(C)CC2(CCNCC2C)C1. The monoisotopic (exact) mass is 195 g/mol. The summed E-state index contributed by atoms with van der Waals surface area (Å²) < 4.78 is 0. The average Bonchev–Trinajstić information content (AvgIpc) is 2.08. The largest absolute Gasteiger partial charge is 0.316 e. The first-order chi connectivity index (χ1) is 6.62. The van der Waals surface area contributed by atoms with Gasteiger partial charge < -0.3 is 5.32 Å². The molecule has 1 aliphatic carbocycles. The molecule has 0 aromatic carbocycles. The van der Waals surface area contributed by atoms with Gasteiger partial charge in [0.1, 0.15) is 0 Å². The third kappa shape index (κ3) is 1.84. The van der Waals surface area contributed by atoms with Crippen LogP contribution in [0.15, 0.2) is 0 Å². The lowest BCUT2D eigenvalue weighted by Gasteiger charge is -2.49.